The monoisotopic (exact) mass is 492 g/mol. The predicted octanol–water partition coefficient (Wildman–Crippen LogP) is 5.26. The van der Waals surface area contributed by atoms with Crippen molar-refractivity contribution in [1.29, 1.82) is 0 Å². The molecule has 18 heteroatoms. The summed E-state index contributed by atoms with van der Waals surface area (Å²) in [5.41, 5.74) is -14.0. The summed E-state index contributed by atoms with van der Waals surface area (Å²) in [6, 6.07) is 0. The fourth-order valence-electron chi connectivity index (χ4n) is 4.28. The fourth-order valence-corrected chi connectivity index (χ4v) is 8.27. The van der Waals surface area contributed by atoms with E-state index < -0.39 is 62.0 Å². The standard InChI is InChI=1S/C12H9F12O5P/c13-9(14,15)7(10(16,17)18)8(11(19,20)21,12(22,23)24)29-30(28-7)25-4-1-5(26-30)3-6(2-4)27-30/h4-6H,1-3H2. The average Bonchev–Trinajstić information content (AvgIpc) is 2.73. The molecule has 5 fully saturated rings. The molecular formula is C12H9F12O5P. The van der Waals surface area contributed by atoms with E-state index in [4.69, 9.17) is 13.6 Å². The zero-order valence-corrected chi connectivity index (χ0v) is 14.8. The molecule has 1 aliphatic carbocycles. The van der Waals surface area contributed by atoms with Gasteiger partial charge in [-0.05, 0) is 0 Å². The van der Waals surface area contributed by atoms with Crippen molar-refractivity contribution in [1.82, 2.24) is 0 Å². The molecule has 0 aromatic rings. The second kappa shape index (κ2) is 5.47. The molecule has 0 aromatic heterocycles. The molecule has 4 aliphatic heterocycles. The Hall–Kier alpha value is -0.610. The van der Waals surface area contributed by atoms with Gasteiger partial charge >= 0.3 is 157 Å². The Morgan fingerprint density at radius 3 is 0.933 bits per heavy atom. The van der Waals surface area contributed by atoms with Crippen LogP contribution >= 0.6 is 7.74 Å². The normalized spacial score (nSPS) is 37.9. The van der Waals surface area contributed by atoms with Gasteiger partial charge in [-0.25, -0.2) is 0 Å². The molecule has 176 valence electrons. The molecule has 5 rings (SSSR count). The van der Waals surface area contributed by atoms with Gasteiger partial charge < -0.3 is 0 Å². The maximum absolute atomic E-state index is 13.7. The zero-order chi connectivity index (χ0) is 22.8. The van der Waals surface area contributed by atoms with Gasteiger partial charge in [0.05, 0.1) is 0 Å². The van der Waals surface area contributed by atoms with Gasteiger partial charge in [-0.1, -0.05) is 0 Å². The molecule has 1 spiro atoms. The van der Waals surface area contributed by atoms with E-state index in [-0.39, 0.29) is 19.3 Å². The van der Waals surface area contributed by atoms with Gasteiger partial charge in [-0.2, -0.15) is 0 Å². The van der Waals surface area contributed by atoms with Gasteiger partial charge in [-0.3, -0.25) is 0 Å². The third-order valence-corrected chi connectivity index (χ3v) is 8.28. The first-order valence-corrected chi connectivity index (χ1v) is 9.82. The molecule has 0 atom stereocenters. The average molecular weight is 492 g/mol. The Kier molecular flexibility index (Phi) is 4.12. The molecule has 5 aliphatic rings. The van der Waals surface area contributed by atoms with Crippen LogP contribution in [0.2, 0.25) is 0 Å². The first-order chi connectivity index (χ1) is 13.2. The third-order valence-electron chi connectivity index (χ3n) is 5.21. The van der Waals surface area contributed by atoms with Gasteiger partial charge in [0.2, 0.25) is 0 Å². The predicted molar refractivity (Wildman–Crippen MR) is 67.2 cm³/mol. The minimum absolute atomic E-state index is 0.222. The van der Waals surface area contributed by atoms with Crippen LogP contribution in [0.15, 0.2) is 0 Å². The van der Waals surface area contributed by atoms with Crippen LogP contribution in [0.4, 0.5) is 52.7 Å². The molecule has 5 nitrogen and oxygen atoms in total. The Morgan fingerprint density at radius 2 is 0.733 bits per heavy atom. The first kappa shape index (κ1) is 22.6. The van der Waals surface area contributed by atoms with Crippen molar-refractivity contribution < 1.29 is 75.3 Å². The minimum atomic E-state index is -7.34. The van der Waals surface area contributed by atoms with E-state index in [1.54, 1.807) is 0 Å². The van der Waals surface area contributed by atoms with Crippen LogP contribution in [0.5, 0.6) is 0 Å². The molecule has 4 heterocycles. The van der Waals surface area contributed by atoms with Crippen LogP contribution < -0.4 is 0 Å². The fraction of sp³-hybridized carbons (Fsp3) is 1.00. The number of halogens is 12. The molecule has 30 heavy (non-hydrogen) atoms. The van der Waals surface area contributed by atoms with Crippen LogP contribution in [0.3, 0.4) is 0 Å². The van der Waals surface area contributed by atoms with Crippen LogP contribution in [0.1, 0.15) is 19.3 Å². The summed E-state index contributed by atoms with van der Waals surface area (Å²) in [4.78, 5) is 0. The van der Waals surface area contributed by atoms with Gasteiger partial charge in [0.15, 0.2) is 0 Å². The number of rotatable bonds is 0. The van der Waals surface area contributed by atoms with Gasteiger partial charge in [0.1, 0.15) is 0 Å². The molecular weight excluding hydrogens is 483 g/mol. The molecule has 4 bridgehead atoms. The Balaban J connectivity index is 2.08. The van der Waals surface area contributed by atoms with Crippen LogP contribution in [0.25, 0.3) is 0 Å². The Morgan fingerprint density at radius 1 is 0.500 bits per heavy atom. The van der Waals surface area contributed by atoms with E-state index >= 15 is 0 Å². The topological polar surface area (TPSA) is 46.2 Å². The van der Waals surface area contributed by atoms with E-state index in [1.165, 1.54) is 0 Å². The third kappa shape index (κ3) is 2.44. The van der Waals surface area contributed by atoms with Crippen molar-refractivity contribution in [3.63, 3.8) is 0 Å². The summed E-state index contributed by atoms with van der Waals surface area (Å²) in [6.07, 6.45) is -34.2. The van der Waals surface area contributed by atoms with E-state index in [2.05, 4.69) is 9.05 Å². The first-order valence-electron chi connectivity index (χ1n) is 8.00. The molecule has 0 N–H and O–H groups in total. The summed E-state index contributed by atoms with van der Waals surface area (Å²) in [5, 5.41) is 0. The van der Waals surface area contributed by atoms with Crippen molar-refractivity contribution in [3.8, 4) is 0 Å². The molecule has 4 saturated heterocycles. The molecule has 0 amide bonds. The van der Waals surface area contributed by atoms with Crippen LogP contribution in [-0.2, 0) is 22.6 Å². The Bertz CT molecular complexity index is 645. The van der Waals surface area contributed by atoms with Crippen molar-refractivity contribution >= 4 is 7.74 Å². The molecule has 0 aromatic carbocycles. The van der Waals surface area contributed by atoms with Crippen molar-refractivity contribution in [3.05, 3.63) is 0 Å². The number of alkyl halides is 12. The maximum atomic E-state index is 13.7. The van der Waals surface area contributed by atoms with Gasteiger partial charge in [0.25, 0.3) is 0 Å². The van der Waals surface area contributed by atoms with E-state index in [1.807, 2.05) is 0 Å². The van der Waals surface area contributed by atoms with Gasteiger partial charge in [-0.15, -0.1) is 0 Å². The van der Waals surface area contributed by atoms with Crippen LogP contribution in [0, 0.1) is 0 Å². The summed E-state index contributed by atoms with van der Waals surface area (Å²) in [5.74, 6) is 0. The summed E-state index contributed by atoms with van der Waals surface area (Å²) in [7, 11) is -7.13. The quantitative estimate of drug-likeness (QED) is 0.342. The van der Waals surface area contributed by atoms with Crippen LogP contribution in [-0.4, -0.2) is 54.2 Å². The van der Waals surface area contributed by atoms with Gasteiger partial charge in [0, 0.05) is 0 Å². The van der Waals surface area contributed by atoms with E-state index in [0.717, 1.165) is 0 Å². The van der Waals surface area contributed by atoms with E-state index in [0.29, 0.717) is 0 Å². The van der Waals surface area contributed by atoms with Crippen molar-refractivity contribution in [2.45, 2.75) is 73.5 Å². The number of hydrogen-bond donors (Lipinski definition) is 0. The SMILES string of the molecule is FC(F)(F)C1(C(F)(F)F)OP23(OC4CC(CC(C4)O2)O3)OC1(C(F)(F)F)C(F)(F)F. The summed E-state index contributed by atoms with van der Waals surface area (Å²) < 4.78 is 185. The van der Waals surface area contributed by atoms with Crippen molar-refractivity contribution in [2.75, 3.05) is 0 Å². The second-order valence-corrected chi connectivity index (χ2v) is 9.66. The molecule has 0 radical (unpaired) electrons. The van der Waals surface area contributed by atoms with E-state index in [9.17, 15) is 52.7 Å². The second-order valence-electron chi connectivity index (χ2n) is 7.17. The number of hydrogen-bond acceptors (Lipinski definition) is 5. The summed E-state index contributed by atoms with van der Waals surface area (Å²) in [6.45, 7) is 0. The molecule has 1 saturated carbocycles. The zero-order valence-electron chi connectivity index (χ0n) is 13.9. The van der Waals surface area contributed by atoms with Crippen molar-refractivity contribution in [2.24, 2.45) is 0 Å². The molecule has 0 unspecified atom stereocenters. The summed E-state index contributed by atoms with van der Waals surface area (Å²) >= 11 is 0. The Labute approximate surface area is 157 Å².